The van der Waals surface area contributed by atoms with Crippen molar-refractivity contribution in [2.75, 3.05) is 13.2 Å². The summed E-state index contributed by atoms with van der Waals surface area (Å²) in [6.45, 7) is 6.62. The van der Waals surface area contributed by atoms with Crippen LogP contribution >= 0.6 is 0 Å². The van der Waals surface area contributed by atoms with Gasteiger partial charge < -0.3 is 14.2 Å². The minimum Gasteiger partial charge on any atom is -0.462 e. The highest BCUT2D eigenvalue weighted by molar-refractivity contribution is 5.71. The quantitative estimate of drug-likeness (QED) is 0.0262. The molecule has 0 amide bonds. The van der Waals surface area contributed by atoms with E-state index < -0.39 is 6.10 Å². The van der Waals surface area contributed by atoms with E-state index in [4.69, 9.17) is 14.2 Å². The zero-order valence-corrected chi connectivity index (χ0v) is 43.5. The van der Waals surface area contributed by atoms with Crippen LogP contribution in [0, 0.1) is 0 Å². The SMILES string of the molecule is CCCCC/C=C\C/C=C\CCCCCCCC(=O)O[C@H](COC(=O)CCCCCCC/C=C\CCCCCC)COC(=O)CCCCCCCCCCCCCCCCCCCCC. The Bertz CT molecular complexity index is 1090. The van der Waals surface area contributed by atoms with Crippen molar-refractivity contribution in [3.8, 4) is 0 Å². The van der Waals surface area contributed by atoms with Crippen molar-refractivity contribution >= 4 is 17.9 Å². The van der Waals surface area contributed by atoms with Gasteiger partial charge in [0.1, 0.15) is 13.2 Å². The van der Waals surface area contributed by atoms with Crippen molar-refractivity contribution in [2.24, 2.45) is 0 Å². The van der Waals surface area contributed by atoms with E-state index in [9.17, 15) is 14.4 Å². The molecule has 0 aliphatic carbocycles. The number of esters is 3. The topological polar surface area (TPSA) is 78.9 Å². The summed E-state index contributed by atoms with van der Waals surface area (Å²) in [4.78, 5) is 38.1. The summed E-state index contributed by atoms with van der Waals surface area (Å²) in [7, 11) is 0. The molecule has 0 aliphatic heterocycles. The molecule has 0 N–H and O–H groups in total. The maximum Gasteiger partial charge on any atom is 0.306 e. The van der Waals surface area contributed by atoms with Crippen molar-refractivity contribution in [3.63, 3.8) is 0 Å². The third-order valence-electron chi connectivity index (χ3n) is 12.6. The van der Waals surface area contributed by atoms with Gasteiger partial charge in [-0.2, -0.15) is 0 Å². The fourth-order valence-corrected chi connectivity index (χ4v) is 8.29. The van der Waals surface area contributed by atoms with Crippen LogP contribution in [0.2, 0.25) is 0 Å². The number of carbonyl (C=O) groups excluding carboxylic acids is 3. The van der Waals surface area contributed by atoms with Crippen molar-refractivity contribution in [2.45, 2.75) is 309 Å². The lowest BCUT2D eigenvalue weighted by atomic mass is 10.0. The minimum absolute atomic E-state index is 0.0771. The molecule has 0 radical (unpaired) electrons. The smallest absolute Gasteiger partial charge is 0.306 e. The van der Waals surface area contributed by atoms with Crippen molar-refractivity contribution in [1.29, 1.82) is 0 Å². The molecule has 0 aromatic heterocycles. The first kappa shape index (κ1) is 62.6. The summed E-state index contributed by atoms with van der Waals surface area (Å²) >= 11 is 0. The van der Waals surface area contributed by atoms with Crippen LogP contribution in [0.1, 0.15) is 303 Å². The summed E-state index contributed by atoms with van der Waals surface area (Å²) in [6.07, 6.45) is 64.2. The summed E-state index contributed by atoms with van der Waals surface area (Å²) in [5.74, 6) is -0.885. The summed E-state index contributed by atoms with van der Waals surface area (Å²) in [6, 6.07) is 0. The van der Waals surface area contributed by atoms with E-state index in [1.807, 2.05) is 0 Å². The van der Waals surface area contributed by atoms with Gasteiger partial charge in [-0.25, -0.2) is 0 Å². The van der Waals surface area contributed by atoms with E-state index in [1.165, 1.54) is 173 Å². The highest BCUT2D eigenvalue weighted by Gasteiger charge is 2.19. The van der Waals surface area contributed by atoms with Crippen LogP contribution in [0.4, 0.5) is 0 Å². The average molecular weight is 914 g/mol. The number of ether oxygens (including phenoxy) is 3. The fourth-order valence-electron chi connectivity index (χ4n) is 8.29. The maximum atomic E-state index is 12.8. The Kier molecular flexibility index (Phi) is 52.3. The van der Waals surface area contributed by atoms with E-state index in [-0.39, 0.29) is 31.1 Å². The molecule has 6 nitrogen and oxygen atoms in total. The first-order chi connectivity index (χ1) is 32.0. The number of carbonyl (C=O) groups is 3. The lowest BCUT2D eigenvalue weighted by molar-refractivity contribution is -0.167. The Balaban J connectivity index is 4.33. The van der Waals surface area contributed by atoms with Gasteiger partial charge in [-0.3, -0.25) is 14.4 Å². The number of rotatable bonds is 52. The Morgan fingerprint density at radius 1 is 0.308 bits per heavy atom. The van der Waals surface area contributed by atoms with Gasteiger partial charge >= 0.3 is 17.9 Å². The highest BCUT2D eigenvalue weighted by atomic mass is 16.6. The van der Waals surface area contributed by atoms with Crippen LogP contribution in [0.5, 0.6) is 0 Å². The largest absolute Gasteiger partial charge is 0.462 e. The van der Waals surface area contributed by atoms with Crippen LogP contribution in [0.15, 0.2) is 36.5 Å². The number of hydrogen-bond donors (Lipinski definition) is 0. The number of unbranched alkanes of at least 4 members (excludes halogenated alkanes) is 35. The van der Waals surface area contributed by atoms with Crippen LogP contribution in [-0.4, -0.2) is 37.2 Å². The van der Waals surface area contributed by atoms with Crippen molar-refractivity contribution in [1.82, 2.24) is 0 Å². The molecule has 0 fully saturated rings. The lowest BCUT2D eigenvalue weighted by Crippen LogP contribution is -2.30. The summed E-state index contributed by atoms with van der Waals surface area (Å²) < 4.78 is 16.8. The predicted octanol–water partition coefficient (Wildman–Crippen LogP) is 18.9. The second-order valence-corrected chi connectivity index (χ2v) is 19.2. The molecule has 0 unspecified atom stereocenters. The second kappa shape index (κ2) is 54.2. The molecule has 1 atom stereocenters. The Morgan fingerprint density at radius 2 is 0.554 bits per heavy atom. The number of allylic oxidation sites excluding steroid dienone is 6. The molecule has 0 aromatic rings. The molecule has 6 heteroatoms. The molecule has 0 aromatic carbocycles. The van der Waals surface area contributed by atoms with Crippen molar-refractivity contribution in [3.05, 3.63) is 36.5 Å². The first-order valence-electron chi connectivity index (χ1n) is 28.5. The molecule has 0 bridgehead atoms. The minimum atomic E-state index is -0.779. The predicted molar refractivity (Wildman–Crippen MR) is 279 cm³/mol. The molecule has 0 aliphatic rings. The Morgan fingerprint density at radius 3 is 0.908 bits per heavy atom. The standard InChI is InChI=1S/C59H108O6/c1-4-7-10-13-16-19-22-25-27-28-29-30-32-34-37-40-43-46-49-52-58(61)64-55-56(54-63-57(60)51-48-45-42-39-36-33-24-21-18-15-12-9-6-3)65-59(62)53-50-47-44-41-38-35-31-26-23-20-17-14-11-8-5-2/h17,20-21,24,26,31,56H,4-16,18-19,22-23,25,27-30,32-55H2,1-3H3/b20-17-,24-21-,31-26-/t56-/m1/s1. The molecular formula is C59H108O6. The third-order valence-corrected chi connectivity index (χ3v) is 12.6. The van der Waals surface area contributed by atoms with E-state index in [0.29, 0.717) is 19.3 Å². The molecule has 380 valence electrons. The van der Waals surface area contributed by atoms with Crippen LogP contribution in [-0.2, 0) is 28.6 Å². The van der Waals surface area contributed by atoms with E-state index in [0.717, 1.165) is 89.9 Å². The van der Waals surface area contributed by atoms with Gasteiger partial charge in [0.25, 0.3) is 0 Å². The second-order valence-electron chi connectivity index (χ2n) is 19.2. The van der Waals surface area contributed by atoms with Gasteiger partial charge in [-0.15, -0.1) is 0 Å². The molecule has 0 saturated heterocycles. The number of hydrogen-bond acceptors (Lipinski definition) is 6. The van der Waals surface area contributed by atoms with Gasteiger partial charge in [0.2, 0.25) is 0 Å². The lowest BCUT2D eigenvalue weighted by Gasteiger charge is -2.18. The van der Waals surface area contributed by atoms with Gasteiger partial charge in [0.15, 0.2) is 6.10 Å². The van der Waals surface area contributed by atoms with Gasteiger partial charge in [-0.05, 0) is 77.0 Å². The zero-order valence-electron chi connectivity index (χ0n) is 43.5. The fraction of sp³-hybridized carbons (Fsp3) is 0.847. The first-order valence-corrected chi connectivity index (χ1v) is 28.5. The van der Waals surface area contributed by atoms with Crippen molar-refractivity contribution < 1.29 is 28.6 Å². The highest BCUT2D eigenvalue weighted by Crippen LogP contribution is 2.16. The average Bonchev–Trinajstić information content (AvgIpc) is 3.30. The van der Waals surface area contributed by atoms with Crippen LogP contribution in [0.25, 0.3) is 0 Å². The molecule has 0 rings (SSSR count). The summed E-state index contributed by atoms with van der Waals surface area (Å²) in [5, 5.41) is 0. The van der Waals surface area contributed by atoms with Gasteiger partial charge in [-0.1, -0.05) is 243 Å². The molecule has 0 saturated carbocycles. The van der Waals surface area contributed by atoms with Crippen LogP contribution in [0.3, 0.4) is 0 Å². The van der Waals surface area contributed by atoms with Gasteiger partial charge in [0, 0.05) is 19.3 Å². The molecular weight excluding hydrogens is 805 g/mol. The van der Waals surface area contributed by atoms with E-state index >= 15 is 0 Å². The normalized spacial score (nSPS) is 12.2. The third kappa shape index (κ3) is 52.5. The molecule has 0 spiro atoms. The summed E-state index contributed by atoms with van der Waals surface area (Å²) in [5.41, 5.74) is 0. The van der Waals surface area contributed by atoms with E-state index in [2.05, 4.69) is 57.2 Å². The maximum absolute atomic E-state index is 12.8. The zero-order chi connectivity index (χ0) is 47.2. The monoisotopic (exact) mass is 913 g/mol. The van der Waals surface area contributed by atoms with Crippen LogP contribution < -0.4 is 0 Å². The molecule has 0 heterocycles. The Hall–Kier alpha value is -2.37. The van der Waals surface area contributed by atoms with Gasteiger partial charge in [0.05, 0.1) is 0 Å². The van der Waals surface area contributed by atoms with E-state index in [1.54, 1.807) is 0 Å². The molecule has 65 heavy (non-hydrogen) atoms. The Labute approximate surface area is 404 Å².